The molecule has 0 spiro atoms. The minimum atomic E-state index is -1.40. The third-order valence-electron chi connectivity index (χ3n) is 4.85. The van der Waals surface area contributed by atoms with Gasteiger partial charge in [-0.1, -0.05) is 25.5 Å². The number of nitrogens with one attached hydrogen (secondary N) is 1. The number of carbonyl (C=O) groups excluding carboxylic acids is 2. The molecule has 0 bridgehead atoms. The fourth-order valence-corrected chi connectivity index (χ4v) is 3.72. The molecule has 1 saturated heterocycles. The van der Waals surface area contributed by atoms with Crippen molar-refractivity contribution in [3.63, 3.8) is 0 Å². The Balaban J connectivity index is 2.09. The fraction of sp³-hybridized carbons (Fsp3) is 0.722. The van der Waals surface area contributed by atoms with Crippen LogP contribution in [-0.2, 0) is 19.1 Å². The molecule has 0 aromatic carbocycles. The second-order valence-electron chi connectivity index (χ2n) is 6.72. The van der Waals surface area contributed by atoms with Gasteiger partial charge in [-0.3, -0.25) is 19.8 Å². The number of carboxylic acid groups (broad SMARTS) is 1. The Hall–Kier alpha value is -2.09. The van der Waals surface area contributed by atoms with Gasteiger partial charge in [-0.2, -0.15) is 0 Å². The number of rotatable bonds is 8. The summed E-state index contributed by atoms with van der Waals surface area (Å²) in [5.41, 5.74) is 0. The predicted octanol–water partition coefficient (Wildman–Crippen LogP) is 1.89. The van der Waals surface area contributed by atoms with Crippen LogP contribution in [-0.4, -0.2) is 59.0 Å². The van der Waals surface area contributed by atoms with Crippen LogP contribution in [0.2, 0.25) is 0 Å². The number of allylic oxidation sites excluding steroid dienone is 1. The number of ether oxygens (including phenoxy) is 2. The molecule has 8 heteroatoms. The highest BCUT2D eigenvalue weighted by molar-refractivity contribution is 5.84. The number of nitrogens with zero attached hydrogens (tertiary/aromatic N) is 1. The van der Waals surface area contributed by atoms with Gasteiger partial charge in [-0.05, 0) is 32.6 Å². The van der Waals surface area contributed by atoms with E-state index in [4.69, 9.17) is 14.6 Å². The Morgan fingerprint density at radius 2 is 2.08 bits per heavy atom. The minimum Gasteiger partial charge on any atom is -0.465 e. The van der Waals surface area contributed by atoms with E-state index in [1.807, 2.05) is 19.1 Å². The highest BCUT2D eigenvalue weighted by Gasteiger charge is 2.47. The van der Waals surface area contributed by atoms with Crippen LogP contribution in [0, 0.1) is 5.92 Å². The first-order chi connectivity index (χ1) is 12.4. The lowest BCUT2D eigenvalue weighted by atomic mass is 10.0. The molecule has 8 nitrogen and oxygen atoms in total. The Labute approximate surface area is 153 Å². The molecule has 1 aliphatic heterocycles. The lowest BCUT2D eigenvalue weighted by Crippen LogP contribution is -2.54. The number of hydrogen-bond donors (Lipinski definition) is 2. The molecule has 1 fully saturated rings. The molecule has 3 unspecified atom stereocenters. The molecule has 2 rings (SSSR count). The van der Waals surface area contributed by atoms with Crippen molar-refractivity contribution in [3.05, 3.63) is 12.2 Å². The molecule has 0 radical (unpaired) electrons. The first-order valence-corrected chi connectivity index (χ1v) is 9.20. The van der Waals surface area contributed by atoms with Crippen LogP contribution >= 0.6 is 0 Å². The quantitative estimate of drug-likeness (QED) is 0.498. The van der Waals surface area contributed by atoms with Crippen molar-refractivity contribution < 1.29 is 29.0 Å². The SMILES string of the molecule is CCC[C@H](N[C@@H](C)C(=O)N1C(OC(=O)O)CC2CC=CC21)C(=O)OCC. The largest absolute Gasteiger partial charge is 0.507 e. The number of hydrogen-bond acceptors (Lipinski definition) is 6. The highest BCUT2D eigenvalue weighted by atomic mass is 16.7. The van der Waals surface area contributed by atoms with Crippen molar-refractivity contribution in [2.45, 2.75) is 70.8 Å². The normalized spacial score (nSPS) is 26.3. The third kappa shape index (κ3) is 4.55. The van der Waals surface area contributed by atoms with Crippen LogP contribution in [0.15, 0.2) is 12.2 Å². The van der Waals surface area contributed by atoms with Crippen LogP contribution in [0.25, 0.3) is 0 Å². The van der Waals surface area contributed by atoms with Gasteiger partial charge in [0.2, 0.25) is 5.91 Å². The molecular formula is C18H28N2O6. The summed E-state index contributed by atoms with van der Waals surface area (Å²) < 4.78 is 10.0. The van der Waals surface area contributed by atoms with E-state index in [9.17, 15) is 14.4 Å². The van der Waals surface area contributed by atoms with Crippen molar-refractivity contribution >= 4 is 18.0 Å². The van der Waals surface area contributed by atoms with E-state index < -0.39 is 24.5 Å². The molecule has 26 heavy (non-hydrogen) atoms. The lowest BCUT2D eigenvalue weighted by Gasteiger charge is -2.31. The number of amides is 1. The van der Waals surface area contributed by atoms with Gasteiger partial charge in [0.05, 0.1) is 18.7 Å². The molecule has 1 aliphatic carbocycles. The summed E-state index contributed by atoms with van der Waals surface area (Å²) >= 11 is 0. The van der Waals surface area contributed by atoms with Gasteiger partial charge in [0, 0.05) is 6.42 Å². The molecule has 0 aromatic heterocycles. The van der Waals surface area contributed by atoms with Crippen LogP contribution in [0.4, 0.5) is 4.79 Å². The van der Waals surface area contributed by atoms with Crippen molar-refractivity contribution in [3.8, 4) is 0 Å². The first-order valence-electron chi connectivity index (χ1n) is 9.20. The van der Waals surface area contributed by atoms with E-state index in [-0.39, 0.29) is 30.4 Å². The van der Waals surface area contributed by atoms with E-state index in [1.165, 1.54) is 4.90 Å². The Bertz CT molecular complexity index is 564. The fourth-order valence-electron chi connectivity index (χ4n) is 3.72. The zero-order chi connectivity index (χ0) is 19.3. The van der Waals surface area contributed by atoms with Crippen LogP contribution in [0.1, 0.15) is 46.5 Å². The lowest BCUT2D eigenvalue weighted by molar-refractivity contribution is -0.147. The van der Waals surface area contributed by atoms with Crippen molar-refractivity contribution in [2.75, 3.05) is 6.61 Å². The summed E-state index contributed by atoms with van der Waals surface area (Å²) in [6.45, 7) is 5.64. The molecule has 1 amide bonds. The van der Waals surface area contributed by atoms with Crippen LogP contribution < -0.4 is 5.32 Å². The molecular weight excluding hydrogens is 340 g/mol. The van der Waals surface area contributed by atoms with Crippen molar-refractivity contribution in [1.29, 1.82) is 0 Å². The Morgan fingerprint density at radius 3 is 2.69 bits per heavy atom. The maximum atomic E-state index is 13.0. The smallest absolute Gasteiger partial charge is 0.465 e. The van der Waals surface area contributed by atoms with Gasteiger partial charge in [-0.15, -0.1) is 0 Å². The monoisotopic (exact) mass is 368 g/mol. The van der Waals surface area contributed by atoms with E-state index in [0.717, 1.165) is 12.8 Å². The maximum absolute atomic E-state index is 13.0. The molecule has 0 aromatic rings. The highest BCUT2D eigenvalue weighted by Crippen LogP contribution is 2.38. The van der Waals surface area contributed by atoms with Gasteiger partial charge in [0.1, 0.15) is 6.04 Å². The van der Waals surface area contributed by atoms with E-state index in [0.29, 0.717) is 12.8 Å². The van der Waals surface area contributed by atoms with Crippen LogP contribution in [0.5, 0.6) is 0 Å². The zero-order valence-corrected chi connectivity index (χ0v) is 15.5. The average molecular weight is 368 g/mol. The van der Waals surface area contributed by atoms with Gasteiger partial charge in [-0.25, -0.2) is 4.79 Å². The summed E-state index contributed by atoms with van der Waals surface area (Å²) in [4.78, 5) is 37.6. The van der Waals surface area contributed by atoms with Gasteiger partial charge >= 0.3 is 12.1 Å². The second-order valence-corrected chi connectivity index (χ2v) is 6.72. The van der Waals surface area contributed by atoms with E-state index in [1.54, 1.807) is 13.8 Å². The average Bonchev–Trinajstić information content (AvgIpc) is 3.13. The first kappa shape index (κ1) is 20.2. The number of esters is 1. The molecule has 2 N–H and O–H groups in total. The Kier molecular flexibility index (Phi) is 7.02. The molecule has 5 atom stereocenters. The topological polar surface area (TPSA) is 105 Å². The summed E-state index contributed by atoms with van der Waals surface area (Å²) in [5, 5.41) is 12.0. The van der Waals surface area contributed by atoms with Gasteiger partial charge in [0.15, 0.2) is 6.23 Å². The predicted molar refractivity (Wildman–Crippen MR) is 93.3 cm³/mol. The zero-order valence-electron chi connectivity index (χ0n) is 15.5. The van der Waals surface area contributed by atoms with Gasteiger partial charge < -0.3 is 14.6 Å². The summed E-state index contributed by atoms with van der Waals surface area (Å²) in [7, 11) is 0. The Morgan fingerprint density at radius 1 is 1.35 bits per heavy atom. The van der Waals surface area contributed by atoms with Crippen molar-refractivity contribution in [1.82, 2.24) is 10.2 Å². The summed E-state index contributed by atoms with van der Waals surface area (Å²) in [6, 6.07) is -1.40. The summed E-state index contributed by atoms with van der Waals surface area (Å²) in [5.74, 6) is -0.486. The van der Waals surface area contributed by atoms with Crippen molar-refractivity contribution in [2.24, 2.45) is 5.92 Å². The van der Waals surface area contributed by atoms with E-state index >= 15 is 0 Å². The second kappa shape index (κ2) is 9.02. The van der Waals surface area contributed by atoms with E-state index in [2.05, 4.69) is 5.32 Å². The summed E-state index contributed by atoms with van der Waals surface area (Å²) in [6.07, 6.45) is 4.34. The number of likely N-dealkylation sites (tertiary alicyclic amines) is 1. The molecule has 146 valence electrons. The molecule has 1 heterocycles. The van der Waals surface area contributed by atoms with Crippen LogP contribution in [0.3, 0.4) is 0 Å². The number of fused-ring (bicyclic) bond motifs is 1. The molecule has 2 aliphatic rings. The third-order valence-corrected chi connectivity index (χ3v) is 4.85. The minimum absolute atomic E-state index is 0.164. The standard InChI is InChI=1S/C18H28N2O6/c1-4-7-13(17(22)25-5-2)19-11(3)16(21)20-14-9-6-8-12(14)10-15(20)26-18(23)24/h6,9,11-15,19H,4-5,7-8,10H2,1-3H3,(H,23,24)/t11-,12?,13-,14?,15?/m0/s1. The maximum Gasteiger partial charge on any atom is 0.507 e. The molecule has 0 saturated carbocycles. The van der Waals surface area contributed by atoms with Gasteiger partial charge in [0.25, 0.3) is 0 Å². The number of carbonyl (C=O) groups is 3.